The van der Waals surface area contributed by atoms with Crippen molar-refractivity contribution in [2.75, 3.05) is 17.3 Å². The molecule has 0 aliphatic carbocycles. The molecule has 1 aliphatic rings. The molecular weight excluding hydrogens is 522 g/mol. The van der Waals surface area contributed by atoms with Crippen LogP contribution < -0.4 is 21.1 Å². The van der Waals surface area contributed by atoms with Crippen molar-refractivity contribution < 1.29 is 18.0 Å². The Hall–Kier alpha value is -3.54. The van der Waals surface area contributed by atoms with Gasteiger partial charge < -0.3 is 16.0 Å². The monoisotopic (exact) mass is 541 g/mol. The molecule has 0 aromatic heterocycles. The van der Waals surface area contributed by atoms with Crippen LogP contribution in [0, 0.1) is 5.41 Å². The number of sulfonamides is 1. The summed E-state index contributed by atoms with van der Waals surface area (Å²) in [6.45, 7) is 0. The molecule has 1 heterocycles. The lowest BCUT2D eigenvalue weighted by molar-refractivity contribution is -0.126. The zero-order valence-electron chi connectivity index (χ0n) is 17.9. The maximum Gasteiger partial charge on any atom is 0.243 e. The topological polar surface area (TPSA) is 159 Å². The van der Waals surface area contributed by atoms with E-state index in [0.29, 0.717) is 38.1 Å². The highest BCUT2D eigenvalue weighted by atomic mass is 79.9. The summed E-state index contributed by atoms with van der Waals surface area (Å²) in [6, 6.07) is 16.1. The molecule has 9 nitrogen and oxygen atoms in total. The van der Waals surface area contributed by atoms with Crippen LogP contribution in [-0.4, -0.2) is 33.1 Å². The van der Waals surface area contributed by atoms with Crippen molar-refractivity contribution >= 4 is 55.0 Å². The molecular formula is C23H20BrN5O4S. The molecule has 0 spiro atoms. The van der Waals surface area contributed by atoms with Gasteiger partial charge in [0.05, 0.1) is 10.6 Å². The number of amides is 2. The SMILES string of the molecule is CN1C(=O)C(C(=O)Nc2cccc(-c3ccccc3S(N)(=O)=O)c2Br)c2cc(C(=N)N)ccc21. The Morgan fingerprint density at radius 3 is 2.44 bits per heavy atom. The van der Waals surface area contributed by atoms with Gasteiger partial charge in [-0.05, 0) is 57.4 Å². The number of nitrogen functional groups attached to an aromatic ring is 1. The average molecular weight is 542 g/mol. The van der Waals surface area contributed by atoms with Gasteiger partial charge in [-0.25, -0.2) is 13.6 Å². The van der Waals surface area contributed by atoms with Crippen molar-refractivity contribution in [1.82, 2.24) is 0 Å². The van der Waals surface area contributed by atoms with E-state index in [9.17, 15) is 18.0 Å². The van der Waals surface area contributed by atoms with Gasteiger partial charge in [0.1, 0.15) is 11.8 Å². The van der Waals surface area contributed by atoms with Crippen LogP contribution in [-0.2, 0) is 19.6 Å². The lowest BCUT2D eigenvalue weighted by Gasteiger charge is -2.16. The van der Waals surface area contributed by atoms with Crippen LogP contribution in [0.2, 0.25) is 0 Å². The van der Waals surface area contributed by atoms with Gasteiger partial charge in [-0.1, -0.05) is 30.3 Å². The summed E-state index contributed by atoms with van der Waals surface area (Å²) in [6.07, 6.45) is 0. The molecule has 0 radical (unpaired) electrons. The number of benzene rings is 3. The van der Waals surface area contributed by atoms with Gasteiger partial charge in [0.15, 0.2) is 0 Å². The van der Waals surface area contributed by atoms with E-state index in [0.717, 1.165) is 0 Å². The molecule has 0 bridgehead atoms. The Labute approximate surface area is 204 Å². The van der Waals surface area contributed by atoms with Crippen LogP contribution in [0.1, 0.15) is 17.0 Å². The molecule has 174 valence electrons. The predicted molar refractivity (Wildman–Crippen MR) is 133 cm³/mol. The zero-order chi connectivity index (χ0) is 24.8. The minimum atomic E-state index is -3.99. The Bertz CT molecular complexity index is 1470. The normalized spacial score (nSPS) is 15.2. The van der Waals surface area contributed by atoms with E-state index in [-0.39, 0.29) is 10.7 Å². The number of nitrogens with one attached hydrogen (secondary N) is 2. The molecule has 3 aromatic carbocycles. The van der Waals surface area contributed by atoms with Crippen LogP contribution >= 0.6 is 15.9 Å². The number of nitrogens with two attached hydrogens (primary N) is 2. The minimum Gasteiger partial charge on any atom is -0.384 e. The fourth-order valence-electron chi connectivity index (χ4n) is 3.94. The highest BCUT2D eigenvalue weighted by molar-refractivity contribution is 9.10. The standard InChI is InChI=1S/C23H20BrN5O4S/c1-29-17-10-9-12(21(25)26)11-15(17)19(23(29)31)22(30)28-16-7-4-6-14(20(16)24)13-5-2-3-8-18(13)34(27,32)33/h2-11,19H,1H3,(H3,25,26)(H,28,30)(H2,27,32,33). The summed E-state index contributed by atoms with van der Waals surface area (Å²) in [5.74, 6) is -2.30. The summed E-state index contributed by atoms with van der Waals surface area (Å²) >= 11 is 3.46. The second-order valence-electron chi connectivity index (χ2n) is 7.72. The predicted octanol–water partition coefficient (Wildman–Crippen LogP) is 2.75. The lowest BCUT2D eigenvalue weighted by Crippen LogP contribution is -2.31. The number of fused-ring (bicyclic) bond motifs is 1. The number of hydrogen-bond donors (Lipinski definition) is 4. The molecule has 0 saturated heterocycles. The Morgan fingerprint density at radius 1 is 1.09 bits per heavy atom. The average Bonchev–Trinajstić information content (AvgIpc) is 3.04. The number of anilines is 2. The molecule has 1 aliphatic heterocycles. The van der Waals surface area contributed by atoms with E-state index in [2.05, 4.69) is 21.2 Å². The first-order valence-electron chi connectivity index (χ1n) is 9.98. The zero-order valence-corrected chi connectivity index (χ0v) is 20.3. The smallest absolute Gasteiger partial charge is 0.243 e. The summed E-state index contributed by atoms with van der Waals surface area (Å²) in [7, 11) is -2.42. The third-order valence-corrected chi connectivity index (χ3v) is 7.41. The van der Waals surface area contributed by atoms with E-state index in [1.54, 1.807) is 61.6 Å². The van der Waals surface area contributed by atoms with Crippen LogP contribution in [0.5, 0.6) is 0 Å². The van der Waals surface area contributed by atoms with Gasteiger partial charge in [0.2, 0.25) is 21.8 Å². The first kappa shape index (κ1) is 23.6. The summed E-state index contributed by atoms with van der Waals surface area (Å²) in [4.78, 5) is 27.5. The number of amidine groups is 1. The number of hydrogen-bond acceptors (Lipinski definition) is 5. The number of likely N-dealkylation sites (N-methyl/N-ethyl adjacent to an activating group) is 1. The number of rotatable bonds is 5. The van der Waals surface area contributed by atoms with Crippen molar-refractivity contribution in [3.05, 3.63) is 76.3 Å². The van der Waals surface area contributed by atoms with E-state index in [4.69, 9.17) is 16.3 Å². The quantitative estimate of drug-likeness (QED) is 0.221. The van der Waals surface area contributed by atoms with E-state index in [1.807, 2.05) is 0 Å². The molecule has 6 N–H and O–H groups in total. The number of carbonyl (C=O) groups is 2. The van der Waals surface area contributed by atoms with E-state index < -0.39 is 27.8 Å². The molecule has 3 aromatic rings. The molecule has 4 rings (SSSR count). The van der Waals surface area contributed by atoms with Gasteiger partial charge in [-0.3, -0.25) is 15.0 Å². The van der Waals surface area contributed by atoms with Crippen molar-refractivity contribution in [3.63, 3.8) is 0 Å². The van der Waals surface area contributed by atoms with Gasteiger partial charge in [-0.2, -0.15) is 0 Å². The van der Waals surface area contributed by atoms with Gasteiger partial charge in [0, 0.05) is 28.3 Å². The van der Waals surface area contributed by atoms with Gasteiger partial charge in [0.25, 0.3) is 0 Å². The highest BCUT2D eigenvalue weighted by Gasteiger charge is 2.40. The molecule has 1 unspecified atom stereocenters. The molecule has 34 heavy (non-hydrogen) atoms. The third kappa shape index (κ3) is 4.09. The third-order valence-electron chi connectivity index (χ3n) is 5.59. The van der Waals surface area contributed by atoms with Crippen LogP contribution in [0.4, 0.5) is 11.4 Å². The van der Waals surface area contributed by atoms with E-state index >= 15 is 0 Å². The number of carbonyl (C=O) groups excluding carboxylic acids is 2. The first-order chi connectivity index (χ1) is 16.0. The fourth-order valence-corrected chi connectivity index (χ4v) is 5.27. The van der Waals surface area contributed by atoms with E-state index in [1.165, 1.54) is 11.0 Å². The maximum atomic E-state index is 13.3. The van der Waals surface area contributed by atoms with Gasteiger partial charge >= 0.3 is 0 Å². The molecule has 1 atom stereocenters. The number of nitrogens with zero attached hydrogens (tertiary/aromatic N) is 1. The largest absolute Gasteiger partial charge is 0.384 e. The van der Waals surface area contributed by atoms with Crippen LogP contribution in [0.25, 0.3) is 11.1 Å². The second-order valence-corrected chi connectivity index (χ2v) is 10.0. The Balaban J connectivity index is 1.73. The van der Waals surface area contributed by atoms with Crippen molar-refractivity contribution in [3.8, 4) is 11.1 Å². The summed E-state index contributed by atoms with van der Waals surface area (Å²) < 4.78 is 24.5. The Kier molecular flexibility index (Phi) is 6.02. The Morgan fingerprint density at radius 2 is 1.76 bits per heavy atom. The van der Waals surface area contributed by atoms with Crippen molar-refractivity contribution in [2.45, 2.75) is 10.8 Å². The highest BCUT2D eigenvalue weighted by Crippen LogP contribution is 2.40. The molecule has 0 saturated carbocycles. The maximum absolute atomic E-state index is 13.3. The van der Waals surface area contributed by atoms with Crippen molar-refractivity contribution in [2.24, 2.45) is 10.9 Å². The summed E-state index contributed by atoms with van der Waals surface area (Å²) in [5.41, 5.74) is 8.20. The molecule has 0 fully saturated rings. The summed E-state index contributed by atoms with van der Waals surface area (Å²) in [5, 5.41) is 15.8. The minimum absolute atomic E-state index is 0.0579. The second kappa shape index (κ2) is 8.67. The van der Waals surface area contributed by atoms with Crippen molar-refractivity contribution in [1.29, 1.82) is 5.41 Å². The van der Waals surface area contributed by atoms with Crippen LogP contribution in [0.15, 0.2) is 70.0 Å². The fraction of sp³-hybridized carbons (Fsp3) is 0.0870. The number of primary sulfonamides is 1. The molecule has 11 heteroatoms. The number of halogens is 1. The van der Waals surface area contributed by atoms with Crippen LogP contribution in [0.3, 0.4) is 0 Å². The molecule has 2 amide bonds. The van der Waals surface area contributed by atoms with Gasteiger partial charge in [-0.15, -0.1) is 0 Å². The first-order valence-corrected chi connectivity index (χ1v) is 12.3. The lowest BCUT2D eigenvalue weighted by atomic mass is 9.97.